The first-order chi connectivity index (χ1) is 15.6. The zero-order valence-corrected chi connectivity index (χ0v) is 18.3. The third-order valence-corrected chi connectivity index (χ3v) is 5.33. The molecule has 0 aliphatic heterocycles. The lowest BCUT2D eigenvalue weighted by Crippen LogP contribution is -2.39. The molecule has 32 heavy (non-hydrogen) atoms. The van der Waals surface area contributed by atoms with E-state index in [1.807, 2.05) is 72.8 Å². The molecule has 6 nitrogen and oxygen atoms in total. The molecule has 1 atom stereocenters. The van der Waals surface area contributed by atoms with Crippen molar-refractivity contribution in [1.82, 2.24) is 20.1 Å². The van der Waals surface area contributed by atoms with Crippen LogP contribution in [0, 0.1) is 5.92 Å². The molecule has 4 aromatic rings. The van der Waals surface area contributed by atoms with Crippen LogP contribution in [-0.4, -0.2) is 33.3 Å². The minimum absolute atomic E-state index is 0.0901. The molecule has 0 saturated heterocycles. The Kier molecular flexibility index (Phi) is 6.60. The third kappa shape index (κ3) is 5.03. The minimum atomic E-state index is -0.161. The van der Waals surface area contributed by atoms with Crippen molar-refractivity contribution in [2.45, 2.75) is 19.9 Å². The number of nitrogens with zero attached hydrogens (tertiary/aromatic N) is 3. The fourth-order valence-electron chi connectivity index (χ4n) is 3.47. The predicted molar refractivity (Wildman–Crippen MR) is 128 cm³/mol. The number of rotatable bonds is 8. The number of para-hydroxylation sites is 2. The van der Waals surface area contributed by atoms with Crippen LogP contribution in [-0.2, 0) is 0 Å². The number of amides is 1. The molecule has 2 heterocycles. The Morgan fingerprint density at radius 2 is 1.69 bits per heavy atom. The maximum absolute atomic E-state index is 13.3. The zero-order chi connectivity index (χ0) is 22.3. The van der Waals surface area contributed by atoms with Crippen LogP contribution in [0.25, 0.3) is 16.9 Å². The van der Waals surface area contributed by atoms with E-state index in [-0.39, 0.29) is 11.9 Å². The summed E-state index contributed by atoms with van der Waals surface area (Å²) in [6.45, 7) is 4.77. The van der Waals surface area contributed by atoms with Gasteiger partial charge in [0.25, 0.3) is 5.91 Å². The van der Waals surface area contributed by atoms with Crippen molar-refractivity contribution >= 4 is 11.6 Å². The largest absolute Gasteiger partial charge is 0.380 e. The lowest BCUT2D eigenvalue weighted by molar-refractivity contribution is 0.0951. The number of hydrogen-bond donors (Lipinski definition) is 2. The lowest BCUT2D eigenvalue weighted by atomic mass is 10.0. The highest BCUT2D eigenvalue weighted by Gasteiger charge is 2.21. The quantitative estimate of drug-likeness (QED) is 0.425. The summed E-state index contributed by atoms with van der Waals surface area (Å²) in [5, 5.41) is 11.3. The van der Waals surface area contributed by atoms with E-state index in [1.54, 1.807) is 23.3 Å². The van der Waals surface area contributed by atoms with Crippen molar-refractivity contribution in [2.24, 2.45) is 5.92 Å². The highest BCUT2D eigenvalue weighted by atomic mass is 16.1. The van der Waals surface area contributed by atoms with Gasteiger partial charge < -0.3 is 10.6 Å². The van der Waals surface area contributed by atoms with Gasteiger partial charge in [-0.25, -0.2) is 4.68 Å². The number of nitrogens with one attached hydrogen (secondary N) is 2. The summed E-state index contributed by atoms with van der Waals surface area (Å²) in [4.78, 5) is 17.4. The summed E-state index contributed by atoms with van der Waals surface area (Å²) in [5.74, 6) is 0.173. The maximum Gasteiger partial charge on any atom is 0.255 e. The van der Waals surface area contributed by atoms with Gasteiger partial charge in [0.2, 0.25) is 0 Å². The first-order valence-corrected chi connectivity index (χ1v) is 10.8. The second-order valence-corrected chi connectivity index (χ2v) is 7.98. The number of carbonyl (C=O) groups is 1. The van der Waals surface area contributed by atoms with Gasteiger partial charge in [0.15, 0.2) is 0 Å². The van der Waals surface area contributed by atoms with E-state index in [1.165, 1.54) is 0 Å². The molecule has 4 rings (SSSR count). The normalized spacial score (nSPS) is 11.8. The summed E-state index contributed by atoms with van der Waals surface area (Å²) in [5.41, 5.74) is 3.85. The van der Waals surface area contributed by atoms with Crippen LogP contribution >= 0.6 is 0 Å². The SMILES string of the molecule is CC(C)C(CNC(=O)c1cn(-c2ccccc2)nc1-c1cccnc1)Nc1ccccc1. The van der Waals surface area contributed by atoms with Crippen LogP contribution < -0.4 is 10.6 Å². The van der Waals surface area contributed by atoms with Crippen LogP contribution in [0.15, 0.2) is 91.4 Å². The van der Waals surface area contributed by atoms with Gasteiger partial charge in [-0.05, 0) is 42.3 Å². The van der Waals surface area contributed by atoms with Gasteiger partial charge in [-0.2, -0.15) is 5.10 Å². The Balaban J connectivity index is 1.57. The van der Waals surface area contributed by atoms with Crippen molar-refractivity contribution in [3.8, 4) is 16.9 Å². The molecule has 0 aliphatic rings. The Morgan fingerprint density at radius 1 is 0.969 bits per heavy atom. The number of benzene rings is 2. The second-order valence-electron chi connectivity index (χ2n) is 7.98. The van der Waals surface area contributed by atoms with Gasteiger partial charge in [-0.3, -0.25) is 9.78 Å². The molecule has 0 fully saturated rings. The Bertz CT molecular complexity index is 1140. The molecule has 1 unspecified atom stereocenters. The molecule has 0 aliphatic carbocycles. The van der Waals surface area contributed by atoms with Crippen LogP contribution in [0.3, 0.4) is 0 Å². The minimum Gasteiger partial charge on any atom is -0.380 e. The lowest BCUT2D eigenvalue weighted by Gasteiger charge is -2.24. The Hall–Kier alpha value is -3.93. The molecule has 2 N–H and O–H groups in total. The molecule has 1 amide bonds. The van der Waals surface area contributed by atoms with E-state index >= 15 is 0 Å². The van der Waals surface area contributed by atoms with Crippen LogP contribution in [0.2, 0.25) is 0 Å². The molecule has 0 saturated carbocycles. The van der Waals surface area contributed by atoms with Gasteiger partial charge in [0.1, 0.15) is 5.69 Å². The second kappa shape index (κ2) is 9.92. The van der Waals surface area contributed by atoms with E-state index in [4.69, 9.17) is 5.10 Å². The molecule has 0 spiro atoms. The van der Waals surface area contributed by atoms with Gasteiger partial charge in [-0.1, -0.05) is 50.2 Å². The summed E-state index contributed by atoms with van der Waals surface area (Å²) >= 11 is 0. The average molecular weight is 426 g/mol. The smallest absolute Gasteiger partial charge is 0.255 e. The van der Waals surface area contributed by atoms with E-state index in [0.29, 0.717) is 23.7 Å². The third-order valence-electron chi connectivity index (χ3n) is 5.33. The number of aromatic nitrogens is 3. The monoisotopic (exact) mass is 425 g/mol. The maximum atomic E-state index is 13.3. The number of anilines is 1. The summed E-state index contributed by atoms with van der Waals surface area (Å²) in [7, 11) is 0. The molecule has 2 aromatic heterocycles. The number of carbonyl (C=O) groups excluding carboxylic acids is 1. The van der Waals surface area contributed by atoms with Gasteiger partial charge in [0.05, 0.1) is 11.3 Å². The fraction of sp³-hybridized carbons (Fsp3) is 0.192. The molecule has 2 aromatic carbocycles. The molecular weight excluding hydrogens is 398 g/mol. The first kappa shape index (κ1) is 21.3. The van der Waals surface area contributed by atoms with E-state index in [0.717, 1.165) is 16.9 Å². The fourth-order valence-corrected chi connectivity index (χ4v) is 3.47. The van der Waals surface area contributed by atoms with Crippen LogP contribution in [0.5, 0.6) is 0 Å². The zero-order valence-electron chi connectivity index (χ0n) is 18.3. The summed E-state index contributed by atoms with van der Waals surface area (Å²) in [6, 6.07) is 23.7. The predicted octanol–water partition coefficient (Wildman–Crippen LogP) is 4.80. The Labute approximate surface area is 188 Å². The summed E-state index contributed by atoms with van der Waals surface area (Å²) in [6.07, 6.45) is 5.21. The van der Waals surface area contributed by atoms with Crippen molar-refractivity contribution < 1.29 is 4.79 Å². The van der Waals surface area contributed by atoms with Crippen molar-refractivity contribution in [3.63, 3.8) is 0 Å². The summed E-state index contributed by atoms with van der Waals surface area (Å²) < 4.78 is 1.74. The molecule has 0 radical (unpaired) electrons. The van der Waals surface area contributed by atoms with Crippen LogP contribution in [0.4, 0.5) is 5.69 Å². The van der Waals surface area contributed by atoms with Crippen LogP contribution in [0.1, 0.15) is 24.2 Å². The molecule has 6 heteroatoms. The van der Waals surface area contributed by atoms with Gasteiger partial charge in [-0.15, -0.1) is 0 Å². The van der Waals surface area contributed by atoms with E-state index < -0.39 is 0 Å². The number of pyridine rings is 1. The van der Waals surface area contributed by atoms with Crippen molar-refractivity contribution in [1.29, 1.82) is 0 Å². The highest BCUT2D eigenvalue weighted by molar-refractivity contribution is 5.99. The Morgan fingerprint density at radius 3 is 2.34 bits per heavy atom. The molecule has 162 valence electrons. The molecule has 0 bridgehead atoms. The standard InChI is InChI=1S/C26H27N5O/c1-19(2)24(29-21-11-5-3-6-12-21)17-28-26(32)23-18-31(22-13-7-4-8-14-22)30-25(23)20-10-9-15-27-16-20/h3-16,18-19,24,29H,17H2,1-2H3,(H,28,32). The first-order valence-electron chi connectivity index (χ1n) is 10.8. The average Bonchev–Trinajstić information content (AvgIpc) is 3.29. The highest BCUT2D eigenvalue weighted by Crippen LogP contribution is 2.23. The molecular formula is C26H27N5O. The van der Waals surface area contributed by atoms with Gasteiger partial charge in [0, 0.05) is 42.4 Å². The number of hydrogen-bond acceptors (Lipinski definition) is 4. The van der Waals surface area contributed by atoms with Crippen molar-refractivity contribution in [2.75, 3.05) is 11.9 Å². The van der Waals surface area contributed by atoms with E-state index in [2.05, 4.69) is 29.5 Å². The van der Waals surface area contributed by atoms with Crippen molar-refractivity contribution in [3.05, 3.63) is 97.0 Å². The van der Waals surface area contributed by atoms with Gasteiger partial charge >= 0.3 is 0 Å². The topological polar surface area (TPSA) is 71.8 Å². The van der Waals surface area contributed by atoms with E-state index in [9.17, 15) is 4.79 Å².